The van der Waals surface area contributed by atoms with Crippen molar-refractivity contribution in [1.29, 1.82) is 0 Å². The Morgan fingerprint density at radius 2 is 2.29 bits per heavy atom. The van der Waals surface area contributed by atoms with E-state index in [-0.39, 0.29) is 15.0 Å². The Kier molecular flexibility index (Phi) is 5.66. The fraction of sp³-hybridized carbons (Fsp3) is 0.364. The topological polar surface area (TPSA) is 65.5 Å². The number of nitrogens with zero attached hydrogens (tertiary/aromatic N) is 1. The van der Waals surface area contributed by atoms with Crippen LogP contribution >= 0.6 is 0 Å². The number of methoxy groups -OCH3 is 1. The number of hydrogen-bond acceptors (Lipinski definition) is 5. The van der Waals surface area contributed by atoms with Crippen molar-refractivity contribution in [3.05, 3.63) is 30.1 Å². The predicted molar refractivity (Wildman–Crippen MR) is 61.9 cm³/mol. The summed E-state index contributed by atoms with van der Waals surface area (Å²) in [6.07, 6.45) is 2.13. The number of esters is 2. The fourth-order valence-electron chi connectivity index (χ4n) is 1.11. The van der Waals surface area contributed by atoms with Gasteiger partial charge in [-0.15, -0.1) is 0 Å². The summed E-state index contributed by atoms with van der Waals surface area (Å²) in [5, 5.41) is 0.506. The fourth-order valence-corrected chi connectivity index (χ4v) is 2.18. The van der Waals surface area contributed by atoms with Crippen LogP contribution < -0.4 is 0 Å². The molecule has 0 aliphatic carbocycles. The van der Waals surface area contributed by atoms with Crippen molar-refractivity contribution < 1.29 is 19.1 Å². The molecule has 0 saturated carbocycles. The maximum absolute atomic E-state index is 11.7. The zero-order valence-electron chi connectivity index (χ0n) is 9.58. The second-order valence-electron chi connectivity index (χ2n) is 3.11. The molecule has 0 amide bonds. The Morgan fingerprint density at radius 3 is 2.82 bits per heavy atom. The third-order valence-corrected chi connectivity index (χ3v) is 3.26. The van der Waals surface area contributed by atoms with E-state index in [1.54, 1.807) is 18.3 Å². The number of pyridine rings is 1. The number of aromatic nitrogens is 1. The Balaban J connectivity index is 2.67. The van der Waals surface area contributed by atoms with Crippen molar-refractivity contribution in [2.24, 2.45) is 0 Å². The number of rotatable bonds is 5. The summed E-state index contributed by atoms with van der Waals surface area (Å²) in [6.45, 7) is 0. The van der Waals surface area contributed by atoms with Gasteiger partial charge < -0.3 is 0 Å². The van der Waals surface area contributed by atoms with Crippen LogP contribution in [0.2, 0.25) is 11.1 Å². The van der Waals surface area contributed by atoms with Crippen molar-refractivity contribution in [2.45, 2.75) is 17.2 Å². The van der Waals surface area contributed by atoms with Gasteiger partial charge in [0.2, 0.25) is 0 Å². The van der Waals surface area contributed by atoms with Gasteiger partial charge in [0.15, 0.2) is 0 Å². The molecule has 5 nitrogen and oxygen atoms in total. The molecule has 1 aromatic heterocycles. The summed E-state index contributed by atoms with van der Waals surface area (Å²) in [4.78, 5) is 26.9. The van der Waals surface area contributed by atoms with Crippen molar-refractivity contribution >= 4 is 26.9 Å². The van der Waals surface area contributed by atoms with Crippen molar-refractivity contribution in [3.8, 4) is 0 Å². The van der Waals surface area contributed by atoms with Gasteiger partial charge >= 0.3 is 105 Å². The predicted octanol–water partition coefficient (Wildman–Crippen LogP) is 0.951. The van der Waals surface area contributed by atoms with Crippen LogP contribution in [0.4, 0.5) is 0 Å². The van der Waals surface area contributed by atoms with Crippen LogP contribution in [0.5, 0.6) is 0 Å². The van der Waals surface area contributed by atoms with Gasteiger partial charge in [0.1, 0.15) is 0 Å². The maximum atomic E-state index is 11.7. The molecule has 0 saturated heterocycles. The molecule has 0 fully saturated rings. The average molecular weight is 302 g/mol. The third-order valence-electron chi connectivity index (χ3n) is 1.93. The summed E-state index contributed by atoms with van der Waals surface area (Å²) >= 11 is 0.216. The van der Waals surface area contributed by atoms with Crippen LogP contribution in [-0.2, 0) is 14.3 Å². The normalized spacial score (nSPS) is 11.6. The van der Waals surface area contributed by atoms with Crippen molar-refractivity contribution in [1.82, 2.24) is 4.98 Å². The Morgan fingerprint density at radius 1 is 1.53 bits per heavy atom. The molecule has 1 unspecified atom stereocenters. The summed E-state index contributed by atoms with van der Waals surface area (Å²) in [5.41, 5.74) is 0.324. The first kappa shape index (κ1) is 13.7. The molecular weight excluding hydrogens is 289 g/mol. The molecule has 0 spiro atoms. The zero-order valence-corrected chi connectivity index (χ0v) is 11.3. The van der Waals surface area contributed by atoms with Gasteiger partial charge in [-0.3, -0.25) is 0 Å². The number of ether oxygens (including phenoxy) is 2. The second-order valence-corrected chi connectivity index (χ2v) is 5.02. The van der Waals surface area contributed by atoms with Crippen molar-refractivity contribution in [2.75, 3.05) is 7.11 Å². The Bertz CT molecular complexity index is 382. The molecule has 0 aromatic carbocycles. The van der Waals surface area contributed by atoms with Crippen LogP contribution in [0, 0.1) is 0 Å². The summed E-state index contributed by atoms with van der Waals surface area (Å²) < 4.78 is 9.67. The van der Waals surface area contributed by atoms with E-state index in [0.717, 1.165) is 0 Å². The molecule has 0 aliphatic rings. The van der Waals surface area contributed by atoms with E-state index in [0.29, 0.717) is 10.9 Å². The Labute approximate surface area is 106 Å². The van der Waals surface area contributed by atoms with Gasteiger partial charge in [0.25, 0.3) is 0 Å². The SMILES string of the molecule is COC(=O)C(C[Se]C)OC(=O)c1cccnc1. The molecule has 1 rings (SSSR count). The quantitative estimate of drug-likeness (QED) is 0.598. The molecule has 0 aliphatic heterocycles. The molecule has 0 bridgehead atoms. The molecule has 6 heteroatoms. The zero-order chi connectivity index (χ0) is 12.7. The van der Waals surface area contributed by atoms with E-state index in [1.165, 1.54) is 13.3 Å². The van der Waals surface area contributed by atoms with E-state index >= 15 is 0 Å². The number of carbonyl (C=O) groups is 2. The number of hydrogen-bond donors (Lipinski definition) is 0. The van der Waals surface area contributed by atoms with Crippen molar-refractivity contribution in [3.63, 3.8) is 0 Å². The monoisotopic (exact) mass is 303 g/mol. The summed E-state index contributed by atoms with van der Waals surface area (Å²) in [7, 11) is 1.27. The van der Waals surface area contributed by atoms with E-state index in [9.17, 15) is 9.59 Å². The van der Waals surface area contributed by atoms with E-state index in [4.69, 9.17) is 4.74 Å². The first-order chi connectivity index (χ1) is 8.19. The van der Waals surface area contributed by atoms with Crippen LogP contribution in [0.3, 0.4) is 0 Å². The van der Waals surface area contributed by atoms with Gasteiger partial charge in [0, 0.05) is 0 Å². The minimum atomic E-state index is -0.822. The molecular formula is C11H13NO4Se. The standard InChI is InChI=1S/C11H13NO4Se/c1-15-11(14)9(7-17-2)16-10(13)8-4-3-5-12-6-8/h3-6,9H,7H2,1-2H3. The van der Waals surface area contributed by atoms with E-state index < -0.39 is 18.0 Å². The van der Waals surface area contributed by atoms with Gasteiger partial charge in [-0.2, -0.15) is 0 Å². The molecule has 0 N–H and O–H groups in total. The minimum absolute atomic E-state index is 0.216. The van der Waals surface area contributed by atoms with E-state index in [2.05, 4.69) is 9.72 Å². The van der Waals surface area contributed by atoms with Crippen LogP contribution in [0.1, 0.15) is 10.4 Å². The Hall–Kier alpha value is -1.39. The molecule has 1 aromatic rings. The molecule has 0 radical (unpaired) electrons. The second kappa shape index (κ2) is 7.04. The first-order valence-electron chi connectivity index (χ1n) is 4.86. The van der Waals surface area contributed by atoms with Gasteiger partial charge in [-0.25, -0.2) is 0 Å². The van der Waals surface area contributed by atoms with Crippen LogP contribution in [-0.4, -0.2) is 45.1 Å². The van der Waals surface area contributed by atoms with Crippen LogP contribution in [0.15, 0.2) is 24.5 Å². The molecule has 1 heterocycles. The third kappa shape index (κ3) is 4.17. The van der Waals surface area contributed by atoms with Gasteiger partial charge in [-0.1, -0.05) is 0 Å². The summed E-state index contributed by atoms with van der Waals surface area (Å²) in [6, 6.07) is 3.22. The molecule has 17 heavy (non-hydrogen) atoms. The molecule has 92 valence electrons. The first-order valence-corrected chi connectivity index (χ1v) is 7.79. The average Bonchev–Trinajstić information content (AvgIpc) is 2.38. The summed E-state index contributed by atoms with van der Waals surface area (Å²) in [5.74, 6) is 0.879. The van der Waals surface area contributed by atoms with E-state index in [1.807, 2.05) is 5.82 Å². The van der Waals surface area contributed by atoms with Gasteiger partial charge in [-0.05, 0) is 0 Å². The molecule has 1 atom stereocenters. The van der Waals surface area contributed by atoms with Crippen LogP contribution in [0.25, 0.3) is 0 Å². The number of carbonyl (C=O) groups excluding carboxylic acids is 2. The van der Waals surface area contributed by atoms with Gasteiger partial charge in [0.05, 0.1) is 0 Å².